The van der Waals surface area contributed by atoms with Crippen molar-refractivity contribution in [3.8, 4) is 0 Å². The van der Waals surface area contributed by atoms with Crippen LogP contribution in [-0.4, -0.2) is 12.2 Å². The summed E-state index contributed by atoms with van der Waals surface area (Å²) in [5.41, 5.74) is 3.00. The van der Waals surface area contributed by atoms with Gasteiger partial charge in [-0.1, -0.05) is 48.5 Å². The van der Waals surface area contributed by atoms with Crippen LogP contribution >= 0.6 is 0 Å². The van der Waals surface area contributed by atoms with Gasteiger partial charge in [-0.15, -0.1) is 0 Å². The Hall–Kier alpha value is -1.86. The van der Waals surface area contributed by atoms with Crippen molar-refractivity contribution in [2.24, 2.45) is 0 Å². The predicted molar refractivity (Wildman–Crippen MR) is 77.5 cm³/mol. The van der Waals surface area contributed by atoms with Gasteiger partial charge in [0, 0.05) is 12.8 Å². The van der Waals surface area contributed by atoms with E-state index >= 15 is 0 Å². The smallest absolute Gasteiger partial charge is 0.0885 e. The largest absolute Gasteiger partial charge is 0.369 e. The lowest BCUT2D eigenvalue weighted by atomic mass is 9.86. The molecular weight excluding hydrogens is 232 g/mol. The van der Waals surface area contributed by atoms with Gasteiger partial charge in [0.2, 0.25) is 0 Å². The lowest BCUT2D eigenvalue weighted by molar-refractivity contribution is 0.375. The Kier molecular flexibility index (Phi) is 1.77. The maximum Gasteiger partial charge on any atom is 0.0885 e. The molecule has 1 aliphatic heterocycles. The zero-order valence-electron chi connectivity index (χ0n) is 10.6. The second-order valence-corrected chi connectivity index (χ2v) is 5.71. The Balaban J connectivity index is 1.89. The Labute approximate surface area is 111 Å². The molecule has 2 unspecified atom stereocenters. The summed E-state index contributed by atoms with van der Waals surface area (Å²) in [6.07, 6.45) is 3.19. The fraction of sp³-hybridized carbons (Fsp3) is 0.222. The van der Waals surface area contributed by atoms with Crippen molar-refractivity contribution in [2.45, 2.75) is 25.0 Å². The molecule has 0 amide bonds. The van der Waals surface area contributed by atoms with Crippen molar-refractivity contribution in [1.29, 1.82) is 0 Å². The molecule has 3 aromatic carbocycles. The molecule has 0 radical (unpaired) electrons. The minimum absolute atomic E-state index is 0.490. The predicted octanol–water partition coefficient (Wildman–Crippen LogP) is 3.86. The third-order valence-corrected chi connectivity index (χ3v) is 4.65. The topological polar surface area (TPSA) is 12.5 Å². The number of rotatable bonds is 0. The Morgan fingerprint density at radius 2 is 1.58 bits per heavy atom. The minimum atomic E-state index is 0.490. The van der Waals surface area contributed by atoms with E-state index in [-0.39, 0.29) is 0 Å². The molecule has 2 atom stereocenters. The molecule has 2 aliphatic rings. The van der Waals surface area contributed by atoms with Gasteiger partial charge >= 0.3 is 0 Å². The summed E-state index contributed by atoms with van der Waals surface area (Å²) in [6.45, 7) is 0. The van der Waals surface area contributed by atoms with Gasteiger partial charge in [0.1, 0.15) is 0 Å². The molecule has 0 spiro atoms. The Morgan fingerprint density at radius 3 is 2.58 bits per heavy atom. The van der Waals surface area contributed by atoms with Crippen LogP contribution in [0.1, 0.15) is 11.1 Å². The van der Waals surface area contributed by atoms with E-state index in [0.717, 1.165) is 12.8 Å². The summed E-state index contributed by atoms with van der Waals surface area (Å²) in [5, 5.41) is 5.49. The lowest BCUT2D eigenvalue weighted by Gasteiger charge is -2.16. The highest BCUT2D eigenvalue weighted by Gasteiger charge is 2.43. The van der Waals surface area contributed by atoms with Crippen LogP contribution in [0.5, 0.6) is 0 Å². The average molecular weight is 246 g/mol. The molecule has 19 heavy (non-hydrogen) atoms. The van der Waals surface area contributed by atoms with Gasteiger partial charge in [-0.25, -0.2) is 0 Å². The standard InChI is InChI=1S/C18H14O/c1-2-4-13-11(3-1)5-7-15-14(13)8-6-12-9-17-18(19-17)10-16(12)15/h1-8,17-18H,9-10H2. The second kappa shape index (κ2) is 3.37. The molecule has 0 N–H and O–H groups in total. The monoisotopic (exact) mass is 246 g/mol. The highest BCUT2D eigenvalue weighted by molar-refractivity contribution is 6.08. The SMILES string of the molecule is c1ccc2c(c1)ccc1c3c(ccc12)CC1OC1C3. The van der Waals surface area contributed by atoms with E-state index in [9.17, 15) is 0 Å². The van der Waals surface area contributed by atoms with Crippen LogP contribution in [0.25, 0.3) is 21.5 Å². The van der Waals surface area contributed by atoms with Gasteiger partial charge in [-0.2, -0.15) is 0 Å². The summed E-state index contributed by atoms with van der Waals surface area (Å²) in [5.74, 6) is 0. The number of ether oxygens (including phenoxy) is 1. The van der Waals surface area contributed by atoms with E-state index < -0.39 is 0 Å². The molecule has 1 saturated heterocycles. The third-order valence-electron chi connectivity index (χ3n) is 4.65. The number of hydrogen-bond donors (Lipinski definition) is 0. The minimum Gasteiger partial charge on any atom is -0.369 e. The number of epoxide rings is 1. The van der Waals surface area contributed by atoms with Crippen molar-refractivity contribution < 1.29 is 4.74 Å². The average Bonchev–Trinajstić information content (AvgIpc) is 3.22. The first kappa shape index (κ1) is 9.99. The van der Waals surface area contributed by atoms with Crippen LogP contribution in [0.2, 0.25) is 0 Å². The molecule has 0 saturated carbocycles. The molecule has 1 heterocycles. The van der Waals surface area contributed by atoms with Gasteiger partial charge in [0.25, 0.3) is 0 Å². The number of benzene rings is 3. The molecule has 1 nitrogen and oxygen atoms in total. The zero-order valence-corrected chi connectivity index (χ0v) is 10.6. The van der Waals surface area contributed by atoms with Crippen molar-refractivity contribution in [3.63, 3.8) is 0 Å². The second-order valence-electron chi connectivity index (χ2n) is 5.71. The first-order chi connectivity index (χ1) is 9.40. The third kappa shape index (κ3) is 1.34. The van der Waals surface area contributed by atoms with E-state index in [2.05, 4.69) is 48.5 Å². The van der Waals surface area contributed by atoms with Gasteiger partial charge in [0.05, 0.1) is 12.2 Å². The quantitative estimate of drug-likeness (QED) is 0.433. The maximum absolute atomic E-state index is 5.70. The molecule has 0 aromatic heterocycles. The molecule has 5 rings (SSSR count). The molecule has 3 aromatic rings. The molecule has 0 bridgehead atoms. The number of fused-ring (bicyclic) bond motifs is 6. The summed E-state index contributed by atoms with van der Waals surface area (Å²) in [6, 6.07) is 17.8. The first-order valence-electron chi connectivity index (χ1n) is 6.98. The van der Waals surface area contributed by atoms with Gasteiger partial charge in [-0.05, 0) is 32.7 Å². The Bertz CT molecular complexity index is 818. The zero-order chi connectivity index (χ0) is 12.4. The van der Waals surface area contributed by atoms with Gasteiger partial charge in [-0.3, -0.25) is 0 Å². The van der Waals surface area contributed by atoms with E-state index in [0.29, 0.717) is 12.2 Å². The first-order valence-corrected chi connectivity index (χ1v) is 6.98. The van der Waals surface area contributed by atoms with E-state index in [4.69, 9.17) is 4.74 Å². The molecule has 1 heteroatoms. The lowest BCUT2D eigenvalue weighted by Crippen LogP contribution is -2.12. The summed E-state index contributed by atoms with van der Waals surface area (Å²) in [4.78, 5) is 0. The van der Waals surface area contributed by atoms with Crippen LogP contribution in [-0.2, 0) is 17.6 Å². The molecule has 1 aliphatic carbocycles. The van der Waals surface area contributed by atoms with Crippen LogP contribution < -0.4 is 0 Å². The highest BCUT2D eigenvalue weighted by atomic mass is 16.6. The van der Waals surface area contributed by atoms with Crippen molar-refractivity contribution >= 4 is 21.5 Å². The molecular formula is C18H14O. The fourth-order valence-corrected chi connectivity index (χ4v) is 3.58. The molecule has 1 fully saturated rings. The molecule has 92 valence electrons. The van der Waals surface area contributed by atoms with E-state index in [1.165, 1.54) is 32.7 Å². The van der Waals surface area contributed by atoms with Crippen LogP contribution in [0, 0.1) is 0 Å². The summed E-state index contributed by atoms with van der Waals surface area (Å²) in [7, 11) is 0. The van der Waals surface area contributed by atoms with Crippen LogP contribution in [0.3, 0.4) is 0 Å². The van der Waals surface area contributed by atoms with Crippen molar-refractivity contribution in [1.82, 2.24) is 0 Å². The summed E-state index contributed by atoms with van der Waals surface area (Å²) >= 11 is 0. The van der Waals surface area contributed by atoms with Gasteiger partial charge < -0.3 is 4.74 Å². The van der Waals surface area contributed by atoms with E-state index in [1.807, 2.05) is 0 Å². The van der Waals surface area contributed by atoms with Crippen LogP contribution in [0.15, 0.2) is 48.5 Å². The fourth-order valence-electron chi connectivity index (χ4n) is 3.58. The van der Waals surface area contributed by atoms with Gasteiger partial charge in [0.15, 0.2) is 0 Å². The summed E-state index contributed by atoms with van der Waals surface area (Å²) < 4.78 is 5.70. The normalized spacial score (nSPS) is 24.2. The maximum atomic E-state index is 5.70. The highest BCUT2D eigenvalue weighted by Crippen LogP contribution is 2.40. The Morgan fingerprint density at radius 1 is 0.737 bits per heavy atom. The van der Waals surface area contributed by atoms with Crippen molar-refractivity contribution in [3.05, 3.63) is 59.7 Å². The number of hydrogen-bond acceptors (Lipinski definition) is 1. The van der Waals surface area contributed by atoms with Crippen molar-refractivity contribution in [2.75, 3.05) is 0 Å². The van der Waals surface area contributed by atoms with E-state index in [1.54, 1.807) is 0 Å². The van der Waals surface area contributed by atoms with Crippen LogP contribution in [0.4, 0.5) is 0 Å².